The predicted octanol–water partition coefficient (Wildman–Crippen LogP) is 6.72. The number of unbranched alkanes of at least 4 members (excludes halogenated alkanes) is 1. The standard InChI is InChI=1S/C30H31ClN2O6S/c1-5-6-15-38-22-13-9-20(10-14-22)25(34)23-24(19-7-11-21(31)12-8-19)33(28(36)26(23)35)30-32-18(4)27(40-30)29(37)39-16-17(2)3/h7-14,17,24,34H,5-6,15-16H2,1-4H3/b25-23-. The van der Waals surface area contributed by atoms with Crippen LogP contribution in [0.1, 0.15) is 66.1 Å². The number of anilines is 1. The van der Waals surface area contributed by atoms with Crippen LogP contribution in [0.4, 0.5) is 5.13 Å². The minimum absolute atomic E-state index is 0.0937. The first-order chi connectivity index (χ1) is 19.1. The van der Waals surface area contributed by atoms with E-state index in [0.717, 1.165) is 24.2 Å². The number of benzene rings is 2. The molecule has 2 aromatic carbocycles. The number of halogens is 1. The Balaban J connectivity index is 1.77. The number of carbonyl (C=O) groups is 3. The Morgan fingerprint density at radius 2 is 1.80 bits per heavy atom. The Morgan fingerprint density at radius 1 is 1.12 bits per heavy atom. The number of aliphatic hydroxyl groups excluding tert-OH is 1. The number of esters is 1. The average Bonchev–Trinajstić information content (AvgIpc) is 3.44. The van der Waals surface area contributed by atoms with E-state index in [1.54, 1.807) is 55.5 Å². The van der Waals surface area contributed by atoms with Crippen LogP contribution in [-0.2, 0) is 14.3 Å². The molecule has 0 spiro atoms. The summed E-state index contributed by atoms with van der Waals surface area (Å²) < 4.78 is 11.1. The summed E-state index contributed by atoms with van der Waals surface area (Å²) in [6.45, 7) is 8.38. The highest BCUT2D eigenvalue weighted by atomic mass is 35.5. The molecule has 210 valence electrons. The number of rotatable bonds is 10. The lowest BCUT2D eigenvalue weighted by atomic mass is 9.95. The second-order valence-electron chi connectivity index (χ2n) is 9.85. The summed E-state index contributed by atoms with van der Waals surface area (Å²) in [6, 6.07) is 12.3. The summed E-state index contributed by atoms with van der Waals surface area (Å²) in [7, 11) is 0. The molecule has 0 radical (unpaired) electrons. The van der Waals surface area contributed by atoms with Crippen LogP contribution in [0.2, 0.25) is 5.02 Å². The molecule has 1 unspecified atom stereocenters. The molecule has 1 saturated heterocycles. The number of nitrogens with zero attached hydrogens (tertiary/aromatic N) is 2. The minimum atomic E-state index is -0.997. The van der Waals surface area contributed by atoms with E-state index in [1.807, 2.05) is 13.8 Å². The van der Waals surface area contributed by atoms with Crippen LogP contribution in [0, 0.1) is 12.8 Å². The van der Waals surface area contributed by atoms with Gasteiger partial charge in [-0.25, -0.2) is 9.78 Å². The van der Waals surface area contributed by atoms with Crippen molar-refractivity contribution in [3.8, 4) is 5.75 Å². The lowest BCUT2D eigenvalue weighted by Crippen LogP contribution is -2.29. The van der Waals surface area contributed by atoms with Crippen molar-refractivity contribution in [3.05, 3.63) is 80.8 Å². The number of carbonyl (C=O) groups excluding carboxylic acids is 3. The molecule has 1 N–H and O–H groups in total. The van der Waals surface area contributed by atoms with Gasteiger partial charge in [0.1, 0.15) is 16.4 Å². The maximum Gasteiger partial charge on any atom is 0.350 e. The highest BCUT2D eigenvalue weighted by Crippen LogP contribution is 2.44. The van der Waals surface area contributed by atoms with Gasteiger partial charge in [0.15, 0.2) is 5.13 Å². The van der Waals surface area contributed by atoms with Crippen LogP contribution in [-0.4, -0.2) is 41.0 Å². The number of hydrogen-bond acceptors (Lipinski definition) is 8. The Hall–Kier alpha value is -3.69. The second-order valence-corrected chi connectivity index (χ2v) is 11.3. The van der Waals surface area contributed by atoms with E-state index in [2.05, 4.69) is 11.9 Å². The summed E-state index contributed by atoms with van der Waals surface area (Å²) in [6.07, 6.45) is 1.92. The molecule has 0 bridgehead atoms. The number of hydrogen-bond donors (Lipinski definition) is 1. The summed E-state index contributed by atoms with van der Waals surface area (Å²) in [5, 5.41) is 12.0. The molecule has 3 aromatic rings. The van der Waals surface area contributed by atoms with Gasteiger partial charge in [0.05, 0.1) is 30.5 Å². The van der Waals surface area contributed by atoms with Gasteiger partial charge >= 0.3 is 11.9 Å². The van der Waals surface area contributed by atoms with Crippen molar-refractivity contribution in [3.63, 3.8) is 0 Å². The van der Waals surface area contributed by atoms with Crippen molar-refractivity contribution >= 4 is 51.5 Å². The maximum atomic E-state index is 13.4. The van der Waals surface area contributed by atoms with Gasteiger partial charge in [0.25, 0.3) is 5.78 Å². The smallest absolute Gasteiger partial charge is 0.350 e. The van der Waals surface area contributed by atoms with Crippen molar-refractivity contribution in [2.45, 2.75) is 46.6 Å². The zero-order valence-corrected chi connectivity index (χ0v) is 24.3. The molecular formula is C30H31ClN2O6S. The Morgan fingerprint density at radius 3 is 2.42 bits per heavy atom. The zero-order chi connectivity index (χ0) is 29.0. The van der Waals surface area contributed by atoms with Crippen molar-refractivity contribution < 1.29 is 29.0 Å². The van der Waals surface area contributed by atoms with Gasteiger partial charge in [-0.15, -0.1) is 0 Å². The number of aromatic nitrogens is 1. The van der Waals surface area contributed by atoms with E-state index < -0.39 is 23.7 Å². The fourth-order valence-corrected chi connectivity index (χ4v) is 5.29. The van der Waals surface area contributed by atoms with Crippen LogP contribution in [0.25, 0.3) is 5.76 Å². The van der Waals surface area contributed by atoms with Crippen molar-refractivity contribution in [2.24, 2.45) is 5.92 Å². The van der Waals surface area contributed by atoms with Gasteiger partial charge in [0.2, 0.25) is 0 Å². The number of thiazole rings is 1. The van der Waals surface area contributed by atoms with Crippen molar-refractivity contribution in [1.29, 1.82) is 0 Å². The zero-order valence-electron chi connectivity index (χ0n) is 22.8. The highest BCUT2D eigenvalue weighted by molar-refractivity contribution is 7.17. The maximum absolute atomic E-state index is 13.4. The molecule has 1 fully saturated rings. The topological polar surface area (TPSA) is 106 Å². The van der Waals surface area contributed by atoms with Gasteiger partial charge in [-0.1, -0.05) is 62.3 Å². The molecule has 0 saturated carbocycles. The largest absolute Gasteiger partial charge is 0.507 e. The summed E-state index contributed by atoms with van der Waals surface area (Å²) in [5.41, 5.74) is 1.18. The van der Waals surface area contributed by atoms with E-state index in [0.29, 0.717) is 34.2 Å². The molecule has 1 aliphatic rings. The summed E-state index contributed by atoms with van der Waals surface area (Å²) in [4.78, 5) is 45.5. The van der Waals surface area contributed by atoms with E-state index in [9.17, 15) is 19.5 Å². The predicted molar refractivity (Wildman–Crippen MR) is 155 cm³/mol. The van der Waals surface area contributed by atoms with Crippen molar-refractivity contribution in [1.82, 2.24) is 4.98 Å². The van der Waals surface area contributed by atoms with Gasteiger partial charge < -0.3 is 14.6 Å². The quantitative estimate of drug-likeness (QED) is 0.0929. The van der Waals surface area contributed by atoms with Crippen LogP contribution < -0.4 is 9.64 Å². The summed E-state index contributed by atoms with van der Waals surface area (Å²) in [5.74, 6) is -1.82. The average molecular weight is 583 g/mol. The fraction of sp³-hybridized carbons (Fsp3) is 0.333. The van der Waals surface area contributed by atoms with E-state index in [-0.39, 0.29) is 33.9 Å². The van der Waals surface area contributed by atoms with E-state index >= 15 is 0 Å². The minimum Gasteiger partial charge on any atom is -0.507 e. The van der Waals surface area contributed by atoms with Gasteiger partial charge in [-0.2, -0.15) is 0 Å². The Bertz CT molecular complexity index is 1430. The first kappa shape index (κ1) is 29.3. The highest BCUT2D eigenvalue weighted by Gasteiger charge is 2.48. The van der Waals surface area contributed by atoms with Crippen LogP contribution in [0.15, 0.2) is 54.1 Å². The molecule has 1 atom stereocenters. The SMILES string of the molecule is CCCCOc1ccc(/C(O)=C2/C(=O)C(=O)N(c3nc(C)c(C(=O)OCC(C)C)s3)C2c2ccc(Cl)cc2)cc1. The number of ketones is 1. The van der Waals surface area contributed by atoms with Gasteiger partial charge in [-0.3, -0.25) is 14.5 Å². The normalized spacial score (nSPS) is 16.6. The third kappa shape index (κ3) is 6.21. The molecule has 4 rings (SSSR count). The van der Waals surface area contributed by atoms with Gasteiger partial charge in [0, 0.05) is 10.6 Å². The third-order valence-electron chi connectivity index (χ3n) is 6.25. The molecule has 1 amide bonds. The fourth-order valence-electron chi connectivity index (χ4n) is 4.17. The lowest BCUT2D eigenvalue weighted by Gasteiger charge is -2.23. The number of aliphatic hydroxyl groups is 1. The molecule has 10 heteroatoms. The number of Topliss-reactive ketones (excluding diaryl/α,β-unsaturated/α-hetero) is 1. The Labute approximate surface area is 242 Å². The van der Waals surface area contributed by atoms with Crippen molar-refractivity contribution in [2.75, 3.05) is 18.1 Å². The van der Waals surface area contributed by atoms with Crippen LogP contribution in [0.5, 0.6) is 5.75 Å². The molecule has 1 aromatic heterocycles. The molecular weight excluding hydrogens is 552 g/mol. The molecule has 40 heavy (non-hydrogen) atoms. The van der Waals surface area contributed by atoms with Gasteiger partial charge in [-0.05, 0) is 61.2 Å². The number of amides is 1. The number of ether oxygens (including phenoxy) is 2. The molecule has 8 nitrogen and oxygen atoms in total. The lowest BCUT2D eigenvalue weighted by molar-refractivity contribution is -0.132. The van der Waals surface area contributed by atoms with E-state index in [4.69, 9.17) is 21.1 Å². The third-order valence-corrected chi connectivity index (χ3v) is 7.64. The number of aryl methyl sites for hydroxylation is 1. The van der Waals surface area contributed by atoms with Crippen LogP contribution >= 0.6 is 22.9 Å². The molecule has 1 aliphatic heterocycles. The van der Waals surface area contributed by atoms with E-state index in [1.165, 1.54) is 4.90 Å². The molecule has 2 heterocycles. The molecule has 0 aliphatic carbocycles. The second kappa shape index (κ2) is 12.7. The Kier molecular flexibility index (Phi) is 9.27. The monoisotopic (exact) mass is 582 g/mol. The summed E-state index contributed by atoms with van der Waals surface area (Å²) >= 11 is 7.08. The first-order valence-corrected chi connectivity index (χ1v) is 14.3. The first-order valence-electron chi connectivity index (χ1n) is 13.1. The van der Waals surface area contributed by atoms with Crippen LogP contribution in [0.3, 0.4) is 0 Å².